The summed E-state index contributed by atoms with van der Waals surface area (Å²) >= 11 is 0. The van der Waals surface area contributed by atoms with E-state index in [0.29, 0.717) is 5.56 Å². The number of hydrogen-bond donors (Lipinski definition) is 1. The Labute approximate surface area is 113 Å². The molecule has 98 valence electrons. The lowest BCUT2D eigenvalue weighted by Crippen LogP contribution is -2.39. The van der Waals surface area contributed by atoms with Crippen LogP contribution in [-0.4, -0.2) is 0 Å². The van der Waals surface area contributed by atoms with Crippen LogP contribution >= 0.6 is 0 Å². The number of hydrogen-bond acceptors (Lipinski definition) is 1. The molecule has 0 aliphatic heterocycles. The van der Waals surface area contributed by atoms with E-state index in [0.717, 1.165) is 31.2 Å². The third-order valence-electron chi connectivity index (χ3n) is 4.12. The summed E-state index contributed by atoms with van der Waals surface area (Å²) in [6, 6.07) is 15.1. The Morgan fingerprint density at radius 2 is 1.58 bits per heavy atom. The van der Waals surface area contributed by atoms with Crippen LogP contribution in [0.5, 0.6) is 0 Å². The van der Waals surface area contributed by atoms with Crippen molar-refractivity contribution < 1.29 is 4.39 Å². The van der Waals surface area contributed by atoms with Crippen LogP contribution in [0.4, 0.5) is 4.39 Å². The first kappa shape index (κ1) is 12.4. The van der Waals surface area contributed by atoms with E-state index < -0.39 is 5.54 Å². The molecule has 0 radical (unpaired) electrons. The van der Waals surface area contributed by atoms with Gasteiger partial charge in [-0.25, -0.2) is 4.39 Å². The molecule has 0 spiro atoms. The predicted molar refractivity (Wildman–Crippen MR) is 75.4 cm³/mol. The molecule has 0 heterocycles. The molecule has 2 N–H and O–H groups in total. The maximum atomic E-state index is 14.2. The molecule has 2 aromatic rings. The average Bonchev–Trinajstić information content (AvgIpc) is 2.60. The zero-order valence-corrected chi connectivity index (χ0v) is 10.9. The Bertz CT molecular complexity index is 593. The van der Waals surface area contributed by atoms with Gasteiger partial charge >= 0.3 is 0 Å². The minimum absolute atomic E-state index is 0.207. The fourth-order valence-electron chi connectivity index (χ4n) is 3.13. The maximum Gasteiger partial charge on any atom is 0.128 e. The lowest BCUT2D eigenvalue weighted by molar-refractivity contribution is 0.452. The summed E-state index contributed by atoms with van der Waals surface area (Å²) in [6.07, 6.45) is 3.97. The summed E-state index contributed by atoms with van der Waals surface area (Å²) in [4.78, 5) is 0. The van der Waals surface area contributed by atoms with Crippen LogP contribution < -0.4 is 5.73 Å². The van der Waals surface area contributed by atoms with Gasteiger partial charge < -0.3 is 5.73 Å². The van der Waals surface area contributed by atoms with Crippen molar-refractivity contribution in [2.75, 3.05) is 0 Å². The lowest BCUT2D eigenvalue weighted by Gasteiger charge is -2.31. The fourth-order valence-corrected chi connectivity index (χ4v) is 3.13. The standard InChI is InChI=1S/C17H18FN/c18-16-11-4-3-10-15(16)17(19)12-6-5-8-13-7-1-2-9-14(13)17/h1-4,7,9-11H,5-6,8,12,19H2. The summed E-state index contributed by atoms with van der Waals surface area (Å²) in [5, 5.41) is 0. The first-order chi connectivity index (χ1) is 9.22. The Kier molecular flexibility index (Phi) is 3.11. The molecule has 1 nitrogen and oxygen atoms in total. The van der Waals surface area contributed by atoms with Gasteiger partial charge in [-0.3, -0.25) is 0 Å². The lowest BCUT2D eigenvalue weighted by atomic mass is 9.79. The first-order valence-corrected chi connectivity index (χ1v) is 6.84. The smallest absolute Gasteiger partial charge is 0.128 e. The third kappa shape index (κ3) is 2.06. The van der Waals surface area contributed by atoms with Crippen molar-refractivity contribution in [2.24, 2.45) is 5.73 Å². The Hall–Kier alpha value is -1.67. The quantitative estimate of drug-likeness (QED) is 0.771. The van der Waals surface area contributed by atoms with Crippen molar-refractivity contribution in [3.8, 4) is 0 Å². The minimum atomic E-state index is -0.696. The van der Waals surface area contributed by atoms with Gasteiger partial charge in [0.15, 0.2) is 0 Å². The monoisotopic (exact) mass is 255 g/mol. The molecule has 2 aromatic carbocycles. The Morgan fingerprint density at radius 1 is 0.895 bits per heavy atom. The van der Waals surface area contributed by atoms with Gasteiger partial charge in [0.25, 0.3) is 0 Å². The number of halogens is 1. The molecule has 2 heteroatoms. The molecule has 0 saturated carbocycles. The zero-order valence-electron chi connectivity index (χ0n) is 10.9. The van der Waals surface area contributed by atoms with Crippen LogP contribution in [0, 0.1) is 5.82 Å². The van der Waals surface area contributed by atoms with Crippen LogP contribution in [0.25, 0.3) is 0 Å². The van der Waals surface area contributed by atoms with Crippen molar-refractivity contribution >= 4 is 0 Å². The van der Waals surface area contributed by atoms with Gasteiger partial charge in [0, 0.05) is 5.56 Å². The van der Waals surface area contributed by atoms with Gasteiger partial charge in [0.1, 0.15) is 5.82 Å². The molecule has 0 bridgehead atoms. The molecule has 0 aromatic heterocycles. The molecular weight excluding hydrogens is 237 g/mol. The molecule has 19 heavy (non-hydrogen) atoms. The van der Waals surface area contributed by atoms with E-state index in [2.05, 4.69) is 6.07 Å². The zero-order chi connectivity index (χ0) is 13.3. The number of rotatable bonds is 1. The van der Waals surface area contributed by atoms with Crippen molar-refractivity contribution in [1.29, 1.82) is 0 Å². The largest absolute Gasteiger partial charge is 0.318 e. The van der Waals surface area contributed by atoms with Gasteiger partial charge in [-0.15, -0.1) is 0 Å². The van der Waals surface area contributed by atoms with Gasteiger partial charge in [-0.1, -0.05) is 48.9 Å². The highest BCUT2D eigenvalue weighted by atomic mass is 19.1. The number of fused-ring (bicyclic) bond motifs is 1. The van der Waals surface area contributed by atoms with Gasteiger partial charge in [0.05, 0.1) is 5.54 Å². The molecule has 1 aliphatic rings. The van der Waals surface area contributed by atoms with E-state index in [1.165, 1.54) is 11.6 Å². The number of nitrogens with two attached hydrogens (primary N) is 1. The number of benzene rings is 2. The van der Waals surface area contributed by atoms with Crippen LogP contribution in [0.2, 0.25) is 0 Å². The minimum Gasteiger partial charge on any atom is -0.318 e. The van der Waals surface area contributed by atoms with Crippen LogP contribution in [0.3, 0.4) is 0 Å². The summed E-state index contributed by atoms with van der Waals surface area (Å²) in [5.74, 6) is -0.207. The summed E-state index contributed by atoms with van der Waals surface area (Å²) < 4.78 is 14.2. The molecule has 1 aliphatic carbocycles. The highest BCUT2D eigenvalue weighted by Gasteiger charge is 2.34. The van der Waals surface area contributed by atoms with Crippen LogP contribution in [-0.2, 0) is 12.0 Å². The highest BCUT2D eigenvalue weighted by molar-refractivity contribution is 5.43. The Balaban J connectivity index is 2.20. The fraction of sp³-hybridized carbons (Fsp3) is 0.294. The Morgan fingerprint density at radius 3 is 2.37 bits per heavy atom. The molecule has 0 saturated heterocycles. The molecule has 1 atom stereocenters. The summed E-state index contributed by atoms with van der Waals surface area (Å²) in [6.45, 7) is 0. The third-order valence-corrected chi connectivity index (χ3v) is 4.12. The normalized spacial score (nSPS) is 22.6. The van der Waals surface area contributed by atoms with Gasteiger partial charge in [-0.05, 0) is 36.5 Å². The average molecular weight is 255 g/mol. The van der Waals surface area contributed by atoms with Crippen molar-refractivity contribution in [2.45, 2.75) is 31.2 Å². The summed E-state index contributed by atoms with van der Waals surface area (Å²) in [5.41, 5.74) is 8.91. The molecule has 3 rings (SSSR count). The molecule has 1 unspecified atom stereocenters. The van der Waals surface area contributed by atoms with Crippen molar-refractivity contribution in [3.63, 3.8) is 0 Å². The topological polar surface area (TPSA) is 26.0 Å². The van der Waals surface area contributed by atoms with E-state index in [9.17, 15) is 4.39 Å². The maximum absolute atomic E-state index is 14.2. The molecule has 0 amide bonds. The van der Waals surface area contributed by atoms with Crippen molar-refractivity contribution in [1.82, 2.24) is 0 Å². The van der Waals surface area contributed by atoms with E-state index >= 15 is 0 Å². The first-order valence-electron chi connectivity index (χ1n) is 6.84. The van der Waals surface area contributed by atoms with Crippen molar-refractivity contribution in [3.05, 3.63) is 71.0 Å². The van der Waals surface area contributed by atoms with E-state index in [-0.39, 0.29) is 5.82 Å². The second kappa shape index (κ2) is 4.78. The van der Waals surface area contributed by atoms with Gasteiger partial charge in [0.2, 0.25) is 0 Å². The second-order valence-corrected chi connectivity index (χ2v) is 5.32. The van der Waals surface area contributed by atoms with Crippen LogP contribution in [0.1, 0.15) is 36.0 Å². The molecule has 0 fully saturated rings. The number of aryl methyl sites for hydroxylation is 1. The summed E-state index contributed by atoms with van der Waals surface area (Å²) in [7, 11) is 0. The molecular formula is C17H18FN. The highest BCUT2D eigenvalue weighted by Crippen LogP contribution is 2.38. The van der Waals surface area contributed by atoms with Crippen LogP contribution in [0.15, 0.2) is 48.5 Å². The predicted octanol–water partition coefficient (Wildman–Crippen LogP) is 3.75. The van der Waals surface area contributed by atoms with E-state index in [4.69, 9.17) is 5.73 Å². The SMILES string of the molecule is NC1(c2ccccc2F)CCCCc2ccccc21. The second-order valence-electron chi connectivity index (χ2n) is 5.32. The van der Waals surface area contributed by atoms with E-state index in [1.807, 2.05) is 30.3 Å². The van der Waals surface area contributed by atoms with Gasteiger partial charge in [-0.2, -0.15) is 0 Å². The van der Waals surface area contributed by atoms with E-state index in [1.54, 1.807) is 6.07 Å².